The minimum absolute atomic E-state index is 0.0641. The van der Waals surface area contributed by atoms with Crippen molar-refractivity contribution in [1.82, 2.24) is 39.3 Å². The fourth-order valence-corrected chi connectivity index (χ4v) is 5.18. The van der Waals surface area contributed by atoms with Crippen molar-refractivity contribution in [1.29, 1.82) is 0 Å². The SMILES string of the molecule is CNC(=O)N1CCn2c(C3CCOC3)nc(-c3ccc4c(c3)c(-c3cnn(C)c3)nn4C)c2C1. The molecule has 1 N–H and O–H groups in total. The normalized spacial score (nSPS) is 18.0. The molecule has 1 aromatic carbocycles. The number of aryl methyl sites for hydroxylation is 2. The Kier molecular flexibility index (Phi) is 4.91. The van der Waals surface area contributed by atoms with E-state index in [1.807, 2.05) is 36.1 Å². The van der Waals surface area contributed by atoms with E-state index < -0.39 is 0 Å². The number of nitrogens with one attached hydrogen (secondary N) is 1. The number of amides is 2. The van der Waals surface area contributed by atoms with Crippen molar-refractivity contribution in [2.24, 2.45) is 14.1 Å². The highest BCUT2D eigenvalue weighted by Crippen LogP contribution is 2.36. The molecular weight excluding hydrogens is 432 g/mol. The fraction of sp³-hybridized carbons (Fsp3) is 0.417. The van der Waals surface area contributed by atoms with E-state index in [0.717, 1.165) is 64.5 Å². The number of carbonyl (C=O) groups excluding carboxylic acids is 1. The quantitative estimate of drug-likeness (QED) is 0.507. The maximum Gasteiger partial charge on any atom is 0.317 e. The zero-order valence-corrected chi connectivity index (χ0v) is 19.7. The van der Waals surface area contributed by atoms with E-state index in [4.69, 9.17) is 14.8 Å². The summed E-state index contributed by atoms with van der Waals surface area (Å²) in [5.41, 5.74) is 5.95. The van der Waals surface area contributed by atoms with Gasteiger partial charge in [0.1, 0.15) is 11.5 Å². The van der Waals surface area contributed by atoms with Crippen LogP contribution in [0.4, 0.5) is 4.79 Å². The first-order valence-electron chi connectivity index (χ1n) is 11.6. The molecule has 176 valence electrons. The molecule has 3 aromatic heterocycles. The summed E-state index contributed by atoms with van der Waals surface area (Å²) in [6.45, 7) is 3.38. The van der Waals surface area contributed by atoms with E-state index in [9.17, 15) is 4.79 Å². The van der Waals surface area contributed by atoms with E-state index in [1.165, 1.54) is 0 Å². The van der Waals surface area contributed by atoms with Gasteiger partial charge in [-0.05, 0) is 18.6 Å². The third kappa shape index (κ3) is 3.28. The van der Waals surface area contributed by atoms with Gasteiger partial charge in [0, 0.05) is 69.5 Å². The highest BCUT2D eigenvalue weighted by molar-refractivity contribution is 5.95. The summed E-state index contributed by atoms with van der Waals surface area (Å²) in [5, 5.41) is 12.9. The van der Waals surface area contributed by atoms with E-state index >= 15 is 0 Å². The zero-order valence-electron chi connectivity index (χ0n) is 19.7. The van der Waals surface area contributed by atoms with Crippen molar-refractivity contribution < 1.29 is 9.53 Å². The number of ether oxygens (including phenoxy) is 1. The zero-order chi connectivity index (χ0) is 23.4. The molecule has 0 spiro atoms. The topological polar surface area (TPSA) is 95.0 Å². The average Bonchev–Trinajstić information content (AvgIpc) is 3.64. The van der Waals surface area contributed by atoms with Gasteiger partial charge >= 0.3 is 6.03 Å². The molecular formula is C24H28N8O2. The lowest BCUT2D eigenvalue weighted by Crippen LogP contribution is -2.43. The molecule has 1 atom stereocenters. The number of carbonyl (C=O) groups is 1. The highest BCUT2D eigenvalue weighted by Gasteiger charge is 2.31. The average molecular weight is 461 g/mol. The smallest absolute Gasteiger partial charge is 0.317 e. The van der Waals surface area contributed by atoms with Gasteiger partial charge in [-0.15, -0.1) is 0 Å². The third-order valence-corrected chi connectivity index (χ3v) is 6.93. The molecule has 0 saturated carbocycles. The van der Waals surface area contributed by atoms with Crippen molar-refractivity contribution in [2.75, 3.05) is 26.8 Å². The fourth-order valence-electron chi connectivity index (χ4n) is 5.18. The Morgan fingerprint density at radius 2 is 2.06 bits per heavy atom. The van der Waals surface area contributed by atoms with Crippen LogP contribution >= 0.6 is 0 Å². The first-order chi connectivity index (χ1) is 16.5. The summed E-state index contributed by atoms with van der Waals surface area (Å²) in [5.74, 6) is 1.35. The van der Waals surface area contributed by atoms with Crippen molar-refractivity contribution in [3.63, 3.8) is 0 Å². The molecule has 0 bridgehead atoms. The van der Waals surface area contributed by atoms with Crippen molar-refractivity contribution in [3.8, 4) is 22.5 Å². The molecule has 0 radical (unpaired) electrons. The van der Waals surface area contributed by atoms with Gasteiger partial charge in [-0.2, -0.15) is 10.2 Å². The Balaban J connectivity index is 1.50. The minimum atomic E-state index is -0.0641. The molecule has 10 nitrogen and oxygen atoms in total. The van der Waals surface area contributed by atoms with Crippen LogP contribution in [0.15, 0.2) is 30.6 Å². The van der Waals surface area contributed by atoms with E-state index in [-0.39, 0.29) is 11.9 Å². The molecule has 6 rings (SSSR count). The summed E-state index contributed by atoms with van der Waals surface area (Å²) >= 11 is 0. The summed E-state index contributed by atoms with van der Waals surface area (Å²) in [4.78, 5) is 19.4. The Hall–Kier alpha value is -3.66. The molecule has 0 aliphatic carbocycles. The minimum Gasteiger partial charge on any atom is -0.381 e. The molecule has 2 amide bonds. The number of benzene rings is 1. The molecule has 1 fully saturated rings. The molecule has 10 heteroatoms. The number of imidazole rings is 1. The van der Waals surface area contributed by atoms with Gasteiger partial charge in [-0.3, -0.25) is 9.36 Å². The van der Waals surface area contributed by atoms with Gasteiger partial charge in [-0.1, -0.05) is 6.07 Å². The van der Waals surface area contributed by atoms with Crippen LogP contribution in [0.1, 0.15) is 23.9 Å². The highest BCUT2D eigenvalue weighted by atomic mass is 16.5. The number of hydrogen-bond acceptors (Lipinski definition) is 5. The van der Waals surface area contributed by atoms with Crippen molar-refractivity contribution in [2.45, 2.75) is 25.4 Å². The van der Waals surface area contributed by atoms with Gasteiger partial charge in [0.15, 0.2) is 0 Å². The van der Waals surface area contributed by atoms with Crippen LogP contribution < -0.4 is 5.32 Å². The van der Waals surface area contributed by atoms with Gasteiger partial charge in [0.25, 0.3) is 0 Å². The number of nitrogens with zero attached hydrogens (tertiary/aromatic N) is 7. The lowest BCUT2D eigenvalue weighted by atomic mass is 10.0. The van der Waals surface area contributed by atoms with Gasteiger partial charge in [0.05, 0.1) is 36.3 Å². The molecule has 4 aromatic rings. The number of fused-ring (bicyclic) bond motifs is 2. The lowest BCUT2D eigenvalue weighted by molar-refractivity contribution is 0.183. The second-order valence-corrected chi connectivity index (χ2v) is 9.06. The van der Waals surface area contributed by atoms with Crippen LogP contribution in [-0.2, 0) is 31.9 Å². The third-order valence-electron chi connectivity index (χ3n) is 6.93. The molecule has 2 aliphatic rings. The molecule has 34 heavy (non-hydrogen) atoms. The van der Waals surface area contributed by atoms with Gasteiger partial charge in [-0.25, -0.2) is 9.78 Å². The Morgan fingerprint density at radius 3 is 2.79 bits per heavy atom. The van der Waals surface area contributed by atoms with Crippen molar-refractivity contribution in [3.05, 3.63) is 42.1 Å². The van der Waals surface area contributed by atoms with Crippen LogP contribution in [0, 0.1) is 0 Å². The maximum absolute atomic E-state index is 12.4. The largest absolute Gasteiger partial charge is 0.381 e. The molecule has 5 heterocycles. The molecule has 1 saturated heterocycles. The van der Waals surface area contributed by atoms with E-state index in [1.54, 1.807) is 11.7 Å². The first-order valence-corrected chi connectivity index (χ1v) is 11.6. The Labute approximate surface area is 197 Å². The summed E-state index contributed by atoms with van der Waals surface area (Å²) < 4.78 is 11.7. The Bertz CT molecular complexity index is 1390. The number of hydrogen-bond donors (Lipinski definition) is 1. The maximum atomic E-state index is 12.4. The standard InChI is InChI=1S/C24H28N8O2/c1-25-24(33)31-7-8-32-20(13-31)22(27-23(32)16-6-9-34-14-16)15-4-5-19-18(10-15)21(28-30(19)3)17-11-26-29(2)12-17/h4-5,10-12,16H,6-9,13-14H2,1-3H3,(H,25,33). The van der Waals surface area contributed by atoms with Gasteiger partial charge < -0.3 is 19.5 Å². The predicted molar refractivity (Wildman–Crippen MR) is 127 cm³/mol. The summed E-state index contributed by atoms with van der Waals surface area (Å²) in [6, 6.07) is 6.31. The summed E-state index contributed by atoms with van der Waals surface area (Å²) in [6.07, 6.45) is 4.79. The van der Waals surface area contributed by atoms with E-state index in [2.05, 4.69) is 33.2 Å². The van der Waals surface area contributed by atoms with Crippen LogP contribution in [0.25, 0.3) is 33.4 Å². The first kappa shape index (κ1) is 20.9. The Morgan fingerprint density at radius 1 is 1.18 bits per heavy atom. The van der Waals surface area contributed by atoms with Crippen LogP contribution in [0.5, 0.6) is 0 Å². The number of urea groups is 1. The van der Waals surface area contributed by atoms with Gasteiger partial charge in [0.2, 0.25) is 0 Å². The predicted octanol–water partition coefficient (Wildman–Crippen LogP) is 2.50. The van der Waals surface area contributed by atoms with E-state index in [0.29, 0.717) is 19.7 Å². The van der Waals surface area contributed by atoms with Crippen LogP contribution in [0.2, 0.25) is 0 Å². The second-order valence-electron chi connectivity index (χ2n) is 9.06. The van der Waals surface area contributed by atoms with Crippen LogP contribution in [0.3, 0.4) is 0 Å². The summed E-state index contributed by atoms with van der Waals surface area (Å²) in [7, 11) is 5.54. The monoisotopic (exact) mass is 460 g/mol. The molecule has 2 aliphatic heterocycles. The number of rotatable bonds is 3. The van der Waals surface area contributed by atoms with Crippen LogP contribution in [-0.4, -0.2) is 66.8 Å². The second kappa shape index (κ2) is 7.98. The number of aromatic nitrogens is 6. The molecule has 1 unspecified atom stereocenters. The van der Waals surface area contributed by atoms with Crippen molar-refractivity contribution >= 4 is 16.9 Å². The lowest BCUT2D eigenvalue weighted by Gasteiger charge is -2.29.